The zero-order valence-electron chi connectivity index (χ0n) is 7.70. The maximum Gasteiger partial charge on any atom is 0.200 e. The summed E-state index contributed by atoms with van der Waals surface area (Å²) in [6, 6.07) is 0. The number of halogens is 5. The normalized spacial score (nSPS) is 12.3. The first-order valence-electron chi connectivity index (χ1n) is 4.04. The quantitative estimate of drug-likeness (QED) is 0.362. The lowest BCUT2D eigenvalue weighted by molar-refractivity contribution is 0.169. The van der Waals surface area contributed by atoms with Crippen LogP contribution in [0.5, 0.6) is 0 Å². The van der Waals surface area contributed by atoms with Gasteiger partial charge in [0.1, 0.15) is 0 Å². The van der Waals surface area contributed by atoms with Gasteiger partial charge >= 0.3 is 0 Å². The molecule has 0 spiro atoms. The highest BCUT2D eigenvalue weighted by molar-refractivity contribution is 5.26. The van der Waals surface area contributed by atoms with Crippen molar-refractivity contribution in [3.63, 3.8) is 0 Å². The number of hydrogen-bond acceptors (Lipinski definition) is 1. The van der Waals surface area contributed by atoms with Gasteiger partial charge < -0.3 is 5.11 Å². The minimum atomic E-state index is -2.27. The first-order valence-corrected chi connectivity index (χ1v) is 4.04. The molecule has 0 radical (unpaired) electrons. The van der Waals surface area contributed by atoms with Crippen LogP contribution in [0.1, 0.15) is 18.1 Å². The third kappa shape index (κ3) is 1.86. The highest BCUT2D eigenvalue weighted by atomic mass is 19.2. The predicted octanol–water partition coefficient (Wildman–Crippen LogP) is 2.44. The van der Waals surface area contributed by atoms with E-state index in [1.54, 1.807) is 0 Å². The fourth-order valence-electron chi connectivity index (χ4n) is 1.13. The van der Waals surface area contributed by atoms with E-state index in [1.807, 2.05) is 5.92 Å². The summed E-state index contributed by atoms with van der Waals surface area (Å²) in [6.45, 7) is 0. The van der Waals surface area contributed by atoms with Gasteiger partial charge in [0.05, 0.1) is 11.7 Å². The molecule has 0 amide bonds. The first kappa shape index (κ1) is 12.5. The van der Waals surface area contributed by atoms with Gasteiger partial charge in [-0.1, -0.05) is 0 Å². The zero-order valence-corrected chi connectivity index (χ0v) is 7.70. The zero-order chi connectivity index (χ0) is 12.5. The molecule has 0 aliphatic carbocycles. The van der Waals surface area contributed by atoms with Gasteiger partial charge in [-0.3, -0.25) is 0 Å². The fourth-order valence-corrected chi connectivity index (χ4v) is 1.13. The molecule has 0 fully saturated rings. The Labute approximate surface area is 87.5 Å². The second-order valence-electron chi connectivity index (χ2n) is 2.91. The molecular formula is C10H5F5O. The molecule has 1 aromatic carbocycles. The molecule has 1 atom stereocenters. The van der Waals surface area contributed by atoms with Crippen molar-refractivity contribution in [1.29, 1.82) is 0 Å². The number of aliphatic hydroxyl groups is 1. The monoisotopic (exact) mass is 236 g/mol. The molecule has 0 heterocycles. The van der Waals surface area contributed by atoms with E-state index in [-0.39, 0.29) is 0 Å². The molecule has 16 heavy (non-hydrogen) atoms. The molecule has 0 saturated carbocycles. The maximum absolute atomic E-state index is 13.0. The molecule has 1 unspecified atom stereocenters. The Kier molecular flexibility index (Phi) is 3.50. The molecule has 6 heteroatoms. The van der Waals surface area contributed by atoms with Crippen LogP contribution >= 0.6 is 0 Å². The Morgan fingerprint density at radius 2 is 1.31 bits per heavy atom. The van der Waals surface area contributed by atoms with Crippen LogP contribution in [0, 0.1) is 41.4 Å². The summed E-state index contributed by atoms with van der Waals surface area (Å²) in [6.07, 6.45) is 2.26. The van der Waals surface area contributed by atoms with E-state index in [0.717, 1.165) is 0 Å². The minimum Gasteiger partial charge on any atom is -0.387 e. The van der Waals surface area contributed by atoms with Crippen LogP contribution < -0.4 is 0 Å². The van der Waals surface area contributed by atoms with Gasteiger partial charge in [0.2, 0.25) is 5.82 Å². The van der Waals surface area contributed by atoms with Crippen LogP contribution in [0.25, 0.3) is 0 Å². The van der Waals surface area contributed by atoms with Crippen molar-refractivity contribution in [3.05, 3.63) is 34.6 Å². The van der Waals surface area contributed by atoms with Crippen molar-refractivity contribution in [2.75, 3.05) is 0 Å². The molecule has 86 valence electrons. The van der Waals surface area contributed by atoms with Crippen molar-refractivity contribution in [2.45, 2.75) is 12.5 Å². The molecular weight excluding hydrogens is 231 g/mol. The predicted molar refractivity (Wildman–Crippen MR) is 44.6 cm³/mol. The van der Waals surface area contributed by atoms with Crippen molar-refractivity contribution >= 4 is 0 Å². The van der Waals surface area contributed by atoms with Gasteiger partial charge in [0.15, 0.2) is 23.3 Å². The molecule has 1 nitrogen and oxygen atoms in total. The lowest BCUT2D eigenvalue weighted by Crippen LogP contribution is -2.11. The van der Waals surface area contributed by atoms with Gasteiger partial charge in [0, 0.05) is 6.42 Å². The molecule has 0 bridgehead atoms. The smallest absolute Gasteiger partial charge is 0.200 e. The Balaban J connectivity index is 3.46. The highest BCUT2D eigenvalue weighted by Gasteiger charge is 2.29. The number of terminal acetylenes is 1. The molecule has 0 aliphatic heterocycles. The highest BCUT2D eigenvalue weighted by Crippen LogP contribution is 2.28. The van der Waals surface area contributed by atoms with Gasteiger partial charge in [0.25, 0.3) is 0 Å². The van der Waals surface area contributed by atoms with Gasteiger partial charge in [-0.15, -0.1) is 12.3 Å². The van der Waals surface area contributed by atoms with E-state index in [4.69, 9.17) is 11.5 Å². The third-order valence-corrected chi connectivity index (χ3v) is 1.89. The van der Waals surface area contributed by atoms with Crippen LogP contribution in [0.3, 0.4) is 0 Å². The summed E-state index contributed by atoms with van der Waals surface area (Å²) in [7, 11) is 0. The van der Waals surface area contributed by atoms with Gasteiger partial charge in [-0.2, -0.15) is 0 Å². The fraction of sp³-hybridized carbons (Fsp3) is 0.200. The van der Waals surface area contributed by atoms with E-state index in [0.29, 0.717) is 0 Å². The molecule has 1 rings (SSSR count). The van der Waals surface area contributed by atoms with Crippen molar-refractivity contribution in [1.82, 2.24) is 0 Å². The van der Waals surface area contributed by atoms with Crippen LogP contribution in [-0.2, 0) is 0 Å². The summed E-state index contributed by atoms with van der Waals surface area (Å²) in [5.74, 6) is -8.77. The lowest BCUT2D eigenvalue weighted by atomic mass is 10.0. The van der Waals surface area contributed by atoms with Crippen molar-refractivity contribution in [3.8, 4) is 12.3 Å². The molecule has 0 aliphatic rings. The van der Waals surface area contributed by atoms with Crippen molar-refractivity contribution < 1.29 is 27.1 Å². The van der Waals surface area contributed by atoms with E-state index in [1.165, 1.54) is 0 Å². The summed E-state index contributed by atoms with van der Waals surface area (Å²) >= 11 is 0. The summed E-state index contributed by atoms with van der Waals surface area (Å²) in [5, 5.41) is 9.14. The molecule has 0 aromatic heterocycles. The second kappa shape index (κ2) is 4.49. The number of hydrogen-bond donors (Lipinski definition) is 1. The number of rotatable bonds is 2. The van der Waals surface area contributed by atoms with Crippen LogP contribution in [-0.4, -0.2) is 5.11 Å². The SMILES string of the molecule is C#CCC(O)c1c(F)c(F)c(F)c(F)c1F. The maximum atomic E-state index is 13.0. The van der Waals surface area contributed by atoms with E-state index in [9.17, 15) is 22.0 Å². The summed E-state index contributed by atoms with van der Waals surface area (Å²) in [5.41, 5.74) is -1.31. The third-order valence-electron chi connectivity index (χ3n) is 1.89. The van der Waals surface area contributed by atoms with Crippen LogP contribution in [0.2, 0.25) is 0 Å². The summed E-state index contributed by atoms with van der Waals surface area (Å²) in [4.78, 5) is 0. The second-order valence-corrected chi connectivity index (χ2v) is 2.91. The van der Waals surface area contributed by atoms with Gasteiger partial charge in [-0.05, 0) is 0 Å². The van der Waals surface area contributed by atoms with Crippen molar-refractivity contribution in [2.24, 2.45) is 0 Å². The van der Waals surface area contributed by atoms with E-state index >= 15 is 0 Å². The van der Waals surface area contributed by atoms with E-state index < -0.39 is 47.2 Å². The number of aliphatic hydroxyl groups excluding tert-OH is 1. The standard InChI is InChI=1S/C10H5F5O/c1-2-3-4(16)5-6(11)8(13)10(15)9(14)7(5)12/h1,4,16H,3H2. The first-order chi connectivity index (χ1) is 7.41. The Hall–Kier alpha value is -1.61. The largest absolute Gasteiger partial charge is 0.387 e. The lowest BCUT2D eigenvalue weighted by Gasteiger charge is -2.11. The molecule has 1 N–H and O–H groups in total. The molecule has 0 saturated heterocycles. The topological polar surface area (TPSA) is 20.2 Å². The van der Waals surface area contributed by atoms with Crippen LogP contribution in [0.15, 0.2) is 0 Å². The molecule has 1 aromatic rings. The minimum absolute atomic E-state index is 0.557. The van der Waals surface area contributed by atoms with Crippen LogP contribution in [0.4, 0.5) is 22.0 Å². The average Bonchev–Trinajstić information content (AvgIpc) is 2.24. The summed E-state index contributed by atoms with van der Waals surface area (Å²) < 4.78 is 64.0. The van der Waals surface area contributed by atoms with E-state index in [2.05, 4.69) is 0 Å². The number of benzene rings is 1. The Morgan fingerprint density at radius 3 is 1.69 bits per heavy atom. The Bertz CT molecular complexity index is 434. The van der Waals surface area contributed by atoms with Gasteiger partial charge in [-0.25, -0.2) is 22.0 Å². The average molecular weight is 236 g/mol. The Morgan fingerprint density at radius 1 is 0.938 bits per heavy atom.